The second-order valence-corrected chi connectivity index (χ2v) is 7.33. The summed E-state index contributed by atoms with van der Waals surface area (Å²) in [6, 6.07) is 0.450. The molecular weight excluding hydrogens is 246 g/mol. The van der Waals surface area contributed by atoms with E-state index in [0.29, 0.717) is 11.5 Å². The van der Waals surface area contributed by atoms with E-state index in [1.807, 2.05) is 10.9 Å². The molecule has 2 rings (SSSR count). The predicted octanol–water partition coefficient (Wildman–Crippen LogP) is 4.16. The van der Waals surface area contributed by atoms with Gasteiger partial charge in [0, 0.05) is 30.9 Å². The van der Waals surface area contributed by atoms with Gasteiger partial charge >= 0.3 is 0 Å². The average Bonchev–Trinajstić information content (AvgIpc) is 2.98. The Morgan fingerprint density at radius 1 is 1.25 bits per heavy atom. The van der Waals surface area contributed by atoms with Gasteiger partial charge in [0.1, 0.15) is 0 Å². The van der Waals surface area contributed by atoms with Gasteiger partial charge in [-0.1, -0.05) is 26.7 Å². The topological polar surface area (TPSA) is 29.9 Å². The summed E-state index contributed by atoms with van der Waals surface area (Å²) in [7, 11) is 0. The highest BCUT2D eigenvalue weighted by Crippen LogP contribution is 2.42. The van der Waals surface area contributed by atoms with E-state index >= 15 is 0 Å². The van der Waals surface area contributed by atoms with E-state index in [-0.39, 0.29) is 0 Å². The summed E-state index contributed by atoms with van der Waals surface area (Å²) in [5.74, 6) is 0.804. The van der Waals surface area contributed by atoms with Crippen molar-refractivity contribution in [2.75, 3.05) is 6.54 Å². The summed E-state index contributed by atoms with van der Waals surface area (Å²) < 4.78 is 2.04. The van der Waals surface area contributed by atoms with Crippen LogP contribution < -0.4 is 5.32 Å². The molecule has 1 fully saturated rings. The number of nitrogens with zero attached hydrogens (tertiary/aromatic N) is 2. The standard InChI is InChI=1S/C17H31N3/c1-14(2)9-17(7-5-6-8-17)13-18-10-16-11-19-20(12-16)15(3)4/h11-12,14-15,18H,5-10,13H2,1-4H3. The molecule has 0 atom stereocenters. The molecule has 0 bridgehead atoms. The molecule has 114 valence electrons. The van der Waals surface area contributed by atoms with E-state index in [1.54, 1.807) is 0 Å². The second kappa shape index (κ2) is 6.75. The summed E-state index contributed by atoms with van der Waals surface area (Å²) in [6.07, 6.45) is 11.2. The molecule has 0 aromatic carbocycles. The Bertz CT molecular complexity index is 400. The number of hydrogen-bond acceptors (Lipinski definition) is 2. The average molecular weight is 277 g/mol. The lowest BCUT2D eigenvalue weighted by molar-refractivity contribution is 0.223. The maximum Gasteiger partial charge on any atom is 0.0534 e. The molecular formula is C17H31N3. The maximum atomic E-state index is 4.41. The van der Waals surface area contributed by atoms with Crippen molar-refractivity contribution in [3.05, 3.63) is 18.0 Å². The Kier molecular flexibility index (Phi) is 5.25. The van der Waals surface area contributed by atoms with E-state index < -0.39 is 0 Å². The smallest absolute Gasteiger partial charge is 0.0534 e. The number of hydrogen-bond donors (Lipinski definition) is 1. The molecule has 1 aromatic rings. The fraction of sp³-hybridized carbons (Fsp3) is 0.824. The van der Waals surface area contributed by atoms with E-state index in [9.17, 15) is 0 Å². The molecule has 0 radical (unpaired) electrons. The van der Waals surface area contributed by atoms with E-state index in [4.69, 9.17) is 0 Å². The summed E-state index contributed by atoms with van der Waals surface area (Å²) in [4.78, 5) is 0. The molecule has 0 amide bonds. The Balaban J connectivity index is 1.83. The third kappa shape index (κ3) is 4.08. The van der Waals surface area contributed by atoms with Crippen molar-refractivity contribution in [1.82, 2.24) is 15.1 Å². The Morgan fingerprint density at radius 2 is 1.95 bits per heavy atom. The van der Waals surface area contributed by atoms with Crippen molar-refractivity contribution < 1.29 is 0 Å². The summed E-state index contributed by atoms with van der Waals surface area (Å²) in [5, 5.41) is 8.10. The van der Waals surface area contributed by atoms with E-state index in [2.05, 4.69) is 44.3 Å². The van der Waals surface area contributed by atoms with Crippen LogP contribution in [0.4, 0.5) is 0 Å². The molecule has 3 nitrogen and oxygen atoms in total. The molecule has 3 heteroatoms. The third-order valence-corrected chi connectivity index (χ3v) is 4.52. The number of rotatable bonds is 7. The first-order valence-corrected chi connectivity index (χ1v) is 8.24. The minimum Gasteiger partial charge on any atom is -0.312 e. The summed E-state index contributed by atoms with van der Waals surface area (Å²) in [5.41, 5.74) is 1.86. The lowest BCUT2D eigenvalue weighted by Crippen LogP contribution is -2.33. The van der Waals surface area contributed by atoms with Crippen LogP contribution in [0.1, 0.15) is 71.4 Å². The molecule has 1 aromatic heterocycles. The van der Waals surface area contributed by atoms with Gasteiger partial charge in [-0.2, -0.15) is 5.10 Å². The molecule has 0 saturated heterocycles. The first-order chi connectivity index (χ1) is 9.51. The van der Waals surface area contributed by atoms with Crippen molar-refractivity contribution in [2.45, 2.75) is 72.4 Å². The Hall–Kier alpha value is -0.830. The van der Waals surface area contributed by atoms with Crippen LogP contribution in [0.25, 0.3) is 0 Å². The van der Waals surface area contributed by atoms with Crippen molar-refractivity contribution >= 4 is 0 Å². The molecule has 0 spiro atoms. The highest BCUT2D eigenvalue weighted by Gasteiger charge is 2.33. The fourth-order valence-corrected chi connectivity index (χ4v) is 3.67. The molecule has 1 heterocycles. The van der Waals surface area contributed by atoms with Crippen LogP contribution in [0.5, 0.6) is 0 Å². The fourth-order valence-electron chi connectivity index (χ4n) is 3.67. The van der Waals surface area contributed by atoms with E-state index in [0.717, 1.165) is 19.0 Å². The molecule has 20 heavy (non-hydrogen) atoms. The zero-order chi connectivity index (χ0) is 14.6. The molecule has 1 aliphatic rings. The second-order valence-electron chi connectivity index (χ2n) is 7.33. The largest absolute Gasteiger partial charge is 0.312 e. The van der Waals surface area contributed by atoms with Gasteiger partial charge < -0.3 is 5.32 Å². The normalized spacial score (nSPS) is 18.3. The van der Waals surface area contributed by atoms with Crippen molar-refractivity contribution in [2.24, 2.45) is 11.3 Å². The van der Waals surface area contributed by atoms with Crippen LogP contribution in [0, 0.1) is 11.3 Å². The molecule has 0 unspecified atom stereocenters. The number of aromatic nitrogens is 2. The lowest BCUT2D eigenvalue weighted by Gasteiger charge is -2.31. The SMILES string of the molecule is CC(C)CC1(CNCc2cnn(C(C)C)c2)CCCC1. The molecule has 0 aliphatic heterocycles. The first kappa shape index (κ1) is 15.6. The Labute approximate surface area is 124 Å². The molecule has 1 saturated carbocycles. The Morgan fingerprint density at radius 3 is 2.50 bits per heavy atom. The van der Waals surface area contributed by atoms with Gasteiger partial charge in [0.15, 0.2) is 0 Å². The quantitative estimate of drug-likeness (QED) is 0.811. The van der Waals surface area contributed by atoms with Crippen LogP contribution in [0.2, 0.25) is 0 Å². The third-order valence-electron chi connectivity index (χ3n) is 4.52. The lowest BCUT2D eigenvalue weighted by atomic mass is 9.78. The van der Waals surface area contributed by atoms with Crippen molar-refractivity contribution in [1.29, 1.82) is 0 Å². The monoisotopic (exact) mass is 277 g/mol. The highest BCUT2D eigenvalue weighted by molar-refractivity contribution is 5.04. The van der Waals surface area contributed by atoms with Crippen LogP contribution in [0.3, 0.4) is 0 Å². The van der Waals surface area contributed by atoms with Gasteiger partial charge in [-0.3, -0.25) is 4.68 Å². The van der Waals surface area contributed by atoms with Gasteiger partial charge in [0.05, 0.1) is 6.20 Å². The van der Waals surface area contributed by atoms with Gasteiger partial charge in [-0.15, -0.1) is 0 Å². The summed E-state index contributed by atoms with van der Waals surface area (Å²) in [6.45, 7) is 11.2. The van der Waals surface area contributed by atoms with Crippen LogP contribution in [0.15, 0.2) is 12.4 Å². The molecule has 1 aliphatic carbocycles. The van der Waals surface area contributed by atoms with Crippen LogP contribution in [-0.4, -0.2) is 16.3 Å². The number of nitrogens with one attached hydrogen (secondary N) is 1. The minimum absolute atomic E-state index is 0.450. The van der Waals surface area contributed by atoms with Crippen LogP contribution in [-0.2, 0) is 6.54 Å². The summed E-state index contributed by atoms with van der Waals surface area (Å²) >= 11 is 0. The zero-order valence-corrected chi connectivity index (χ0v) is 13.7. The van der Waals surface area contributed by atoms with Gasteiger partial charge in [-0.25, -0.2) is 0 Å². The predicted molar refractivity (Wildman–Crippen MR) is 84.7 cm³/mol. The minimum atomic E-state index is 0.450. The van der Waals surface area contributed by atoms with Gasteiger partial charge in [0.25, 0.3) is 0 Å². The van der Waals surface area contributed by atoms with Crippen molar-refractivity contribution in [3.8, 4) is 0 Å². The van der Waals surface area contributed by atoms with Crippen LogP contribution >= 0.6 is 0 Å². The highest BCUT2D eigenvalue weighted by atomic mass is 15.3. The van der Waals surface area contributed by atoms with Gasteiger partial charge in [-0.05, 0) is 44.4 Å². The zero-order valence-electron chi connectivity index (χ0n) is 13.7. The van der Waals surface area contributed by atoms with E-state index in [1.165, 1.54) is 37.7 Å². The first-order valence-electron chi connectivity index (χ1n) is 8.24. The molecule has 1 N–H and O–H groups in total. The maximum absolute atomic E-state index is 4.41. The van der Waals surface area contributed by atoms with Gasteiger partial charge in [0.2, 0.25) is 0 Å². The van der Waals surface area contributed by atoms with Crippen molar-refractivity contribution in [3.63, 3.8) is 0 Å².